The fourth-order valence-electron chi connectivity index (χ4n) is 2.93. The van der Waals surface area contributed by atoms with E-state index < -0.39 is 17.9 Å². The molecule has 0 atom stereocenters. The van der Waals surface area contributed by atoms with Gasteiger partial charge in [0.05, 0.1) is 12.7 Å². The van der Waals surface area contributed by atoms with Crippen molar-refractivity contribution in [2.75, 3.05) is 7.11 Å². The molecule has 0 bridgehead atoms. The second-order valence-electron chi connectivity index (χ2n) is 5.61. The zero-order chi connectivity index (χ0) is 18.8. The van der Waals surface area contributed by atoms with Crippen molar-refractivity contribution in [3.05, 3.63) is 48.0 Å². The highest BCUT2D eigenvalue weighted by molar-refractivity contribution is 6.18. The summed E-state index contributed by atoms with van der Waals surface area (Å²) in [7, 11) is 1.26. The van der Waals surface area contributed by atoms with E-state index >= 15 is 0 Å². The smallest absolute Gasteiger partial charge is 0.338 e. The molecule has 3 rings (SSSR count). The van der Waals surface area contributed by atoms with Gasteiger partial charge in [0, 0.05) is 35.4 Å². The molecule has 6 nitrogen and oxygen atoms in total. The summed E-state index contributed by atoms with van der Waals surface area (Å²) in [5, 5.41) is 1.96. The largest absolute Gasteiger partial charge is 0.465 e. The number of rotatable bonds is 3. The third kappa shape index (κ3) is 2.97. The number of esters is 3. The minimum Gasteiger partial charge on any atom is -0.465 e. The number of carbonyl (C=O) groups excluding carboxylic acids is 3. The third-order valence-electron chi connectivity index (χ3n) is 3.85. The van der Waals surface area contributed by atoms with Crippen molar-refractivity contribution in [3.8, 4) is 11.5 Å². The van der Waals surface area contributed by atoms with Gasteiger partial charge in [-0.25, -0.2) is 4.79 Å². The average Bonchev–Trinajstić information content (AvgIpc) is 2.62. The van der Waals surface area contributed by atoms with Crippen LogP contribution >= 0.6 is 0 Å². The second-order valence-corrected chi connectivity index (χ2v) is 5.61. The molecule has 0 aliphatic heterocycles. The maximum absolute atomic E-state index is 12.3. The first-order valence-electron chi connectivity index (χ1n) is 7.86. The highest BCUT2D eigenvalue weighted by atomic mass is 16.5. The summed E-state index contributed by atoms with van der Waals surface area (Å²) in [5.41, 5.74) is 0.209. The molecule has 26 heavy (non-hydrogen) atoms. The van der Waals surface area contributed by atoms with Gasteiger partial charge in [0.1, 0.15) is 11.5 Å². The number of carbonyl (C=O) groups is 3. The van der Waals surface area contributed by atoms with E-state index in [-0.39, 0.29) is 11.3 Å². The quantitative estimate of drug-likeness (QED) is 0.407. The maximum Gasteiger partial charge on any atom is 0.338 e. The van der Waals surface area contributed by atoms with Crippen LogP contribution in [0.3, 0.4) is 0 Å². The van der Waals surface area contributed by atoms with E-state index in [4.69, 9.17) is 14.2 Å². The molecule has 0 unspecified atom stereocenters. The Hall–Kier alpha value is -3.41. The number of benzene rings is 3. The average molecular weight is 352 g/mol. The van der Waals surface area contributed by atoms with Crippen molar-refractivity contribution in [3.63, 3.8) is 0 Å². The molecule has 3 aromatic rings. The first kappa shape index (κ1) is 17.4. The molecule has 6 heteroatoms. The molecule has 0 N–H and O–H groups in total. The lowest BCUT2D eigenvalue weighted by atomic mass is 9.97. The Bertz CT molecular complexity index is 1050. The van der Waals surface area contributed by atoms with Crippen molar-refractivity contribution in [2.24, 2.45) is 0 Å². The summed E-state index contributed by atoms with van der Waals surface area (Å²) >= 11 is 0. The van der Waals surface area contributed by atoms with Crippen LogP contribution in [0, 0.1) is 0 Å². The van der Waals surface area contributed by atoms with Crippen LogP contribution in [0.5, 0.6) is 11.5 Å². The zero-order valence-electron chi connectivity index (χ0n) is 14.5. The first-order valence-corrected chi connectivity index (χ1v) is 7.86. The topological polar surface area (TPSA) is 78.9 Å². The lowest BCUT2D eigenvalue weighted by Crippen LogP contribution is -2.09. The molecule has 0 saturated heterocycles. The lowest BCUT2D eigenvalue weighted by Gasteiger charge is -2.17. The van der Waals surface area contributed by atoms with Crippen LogP contribution < -0.4 is 9.47 Å². The van der Waals surface area contributed by atoms with Crippen molar-refractivity contribution < 1.29 is 28.6 Å². The van der Waals surface area contributed by atoms with Crippen LogP contribution in [0.2, 0.25) is 0 Å². The molecule has 0 fully saturated rings. The summed E-state index contributed by atoms with van der Waals surface area (Å²) in [6.45, 7) is 2.58. The van der Waals surface area contributed by atoms with E-state index in [1.807, 2.05) is 0 Å². The molecule has 0 aromatic heterocycles. The van der Waals surface area contributed by atoms with E-state index in [1.165, 1.54) is 21.0 Å². The molecule has 0 heterocycles. The van der Waals surface area contributed by atoms with Crippen LogP contribution in [0.4, 0.5) is 0 Å². The maximum atomic E-state index is 12.3. The zero-order valence-corrected chi connectivity index (χ0v) is 14.5. The van der Waals surface area contributed by atoms with Crippen molar-refractivity contribution in [1.82, 2.24) is 0 Å². The van der Waals surface area contributed by atoms with Crippen molar-refractivity contribution in [1.29, 1.82) is 0 Å². The fraction of sp³-hybridized carbons (Fsp3) is 0.150. The van der Waals surface area contributed by atoms with Crippen molar-refractivity contribution >= 4 is 39.5 Å². The molecule has 0 aliphatic rings. The van der Waals surface area contributed by atoms with Crippen LogP contribution in [0.15, 0.2) is 42.5 Å². The Morgan fingerprint density at radius 2 is 1.27 bits per heavy atom. The molecule has 0 spiro atoms. The van der Waals surface area contributed by atoms with Crippen LogP contribution in [0.1, 0.15) is 24.2 Å². The number of ether oxygens (including phenoxy) is 3. The van der Waals surface area contributed by atoms with Gasteiger partial charge in [0.25, 0.3) is 0 Å². The third-order valence-corrected chi connectivity index (χ3v) is 3.85. The summed E-state index contributed by atoms with van der Waals surface area (Å²) in [6.07, 6.45) is 0. The number of methoxy groups -OCH3 is 1. The summed E-state index contributed by atoms with van der Waals surface area (Å²) in [4.78, 5) is 35.6. The Morgan fingerprint density at radius 3 is 1.85 bits per heavy atom. The normalized spacial score (nSPS) is 10.6. The van der Waals surface area contributed by atoms with Gasteiger partial charge in [-0.1, -0.05) is 36.4 Å². The summed E-state index contributed by atoms with van der Waals surface area (Å²) in [6, 6.07) is 11.9. The van der Waals surface area contributed by atoms with Gasteiger partial charge in [-0.15, -0.1) is 0 Å². The predicted molar refractivity (Wildman–Crippen MR) is 95.4 cm³/mol. The van der Waals surface area contributed by atoms with Gasteiger partial charge < -0.3 is 14.2 Å². The number of fused-ring (bicyclic) bond motifs is 2. The number of hydrogen-bond donors (Lipinski definition) is 0. The van der Waals surface area contributed by atoms with Gasteiger partial charge >= 0.3 is 17.9 Å². The van der Waals surface area contributed by atoms with Gasteiger partial charge in [-0.2, -0.15) is 0 Å². The van der Waals surface area contributed by atoms with E-state index in [2.05, 4.69) is 0 Å². The minimum atomic E-state index is -0.590. The highest BCUT2D eigenvalue weighted by Gasteiger charge is 2.23. The molecule has 0 amide bonds. The first-order chi connectivity index (χ1) is 12.4. The van der Waals surface area contributed by atoms with Crippen LogP contribution in [-0.2, 0) is 14.3 Å². The van der Waals surface area contributed by atoms with Crippen molar-refractivity contribution in [2.45, 2.75) is 13.8 Å². The molecule has 0 aliphatic carbocycles. The summed E-state index contributed by atoms with van der Waals surface area (Å²) in [5.74, 6) is -1.10. The number of hydrogen-bond acceptors (Lipinski definition) is 6. The van der Waals surface area contributed by atoms with Gasteiger partial charge in [0.2, 0.25) is 0 Å². The van der Waals surface area contributed by atoms with E-state index in [9.17, 15) is 14.4 Å². The Balaban J connectivity index is 2.56. The Morgan fingerprint density at radius 1 is 0.731 bits per heavy atom. The van der Waals surface area contributed by atoms with Crippen LogP contribution in [0.25, 0.3) is 21.5 Å². The van der Waals surface area contributed by atoms with Gasteiger partial charge in [0.15, 0.2) is 0 Å². The van der Waals surface area contributed by atoms with E-state index in [1.54, 1.807) is 42.5 Å². The second kappa shape index (κ2) is 6.84. The lowest BCUT2D eigenvalue weighted by molar-refractivity contribution is -0.132. The van der Waals surface area contributed by atoms with E-state index in [0.717, 1.165) is 0 Å². The highest BCUT2D eigenvalue weighted by Crippen LogP contribution is 2.44. The molecule has 132 valence electrons. The molecular weight excluding hydrogens is 336 g/mol. The Kier molecular flexibility index (Phi) is 4.58. The minimum absolute atomic E-state index is 0.209. The van der Waals surface area contributed by atoms with Crippen LogP contribution in [-0.4, -0.2) is 25.0 Å². The predicted octanol–water partition coefficient (Wildman–Crippen LogP) is 3.63. The molecule has 0 radical (unpaired) electrons. The molecule has 3 aromatic carbocycles. The Labute approximate surface area is 149 Å². The van der Waals surface area contributed by atoms with Gasteiger partial charge in [-0.05, 0) is 6.07 Å². The molecular formula is C20H16O6. The van der Waals surface area contributed by atoms with Gasteiger partial charge in [-0.3, -0.25) is 9.59 Å². The standard InChI is InChI=1S/C20H16O6/c1-11(21)25-18-13-7-4-5-8-14(13)19(26-12(2)22)17-15(18)9-6-10-16(17)20(23)24-3/h4-10H,1-3H3. The molecule has 0 saturated carbocycles. The monoisotopic (exact) mass is 352 g/mol. The SMILES string of the molecule is COC(=O)c1cccc2c(OC(C)=O)c3ccccc3c(OC(C)=O)c12. The van der Waals surface area contributed by atoms with E-state index in [0.29, 0.717) is 27.3 Å². The summed E-state index contributed by atoms with van der Waals surface area (Å²) < 4.78 is 15.7. The fourth-order valence-corrected chi connectivity index (χ4v) is 2.93.